The van der Waals surface area contributed by atoms with E-state index in [9.17, 15) is 24.1 Å². The second-order valence-corrected chi connectivity index (χ2v) is 6.15. The minimum atomic E-state index is -0.659. The number of nitrogens with one attached hydrogen (secondary N) is 2. The number of hydrogen-bond acceptors (Lipinski definition) is 7. The highest BCUT2D eigenvalue weighted by atomic mass is 19.1. The predicted molar refractivity (Wildman–Crippen MR) is 102 cm³/mol. The molecule has 0 saturated carbocycles. The predicted octanol–water partition coefficient (Wildman–Crippen LogP) is 2.25. The van der Waals surface area contributed by atoms with Gasteiger partial charge in [-0.2, -0.15) is 4.98 Å². The van der Waals surface area contributed by atoms with Crippen molar-refractivity contribution < 1.29 is 23.4 Å². The highest BCUT2D eigenvalue weighted by Gasteiger charge is 2.20. The molecule has 0 bridgehead atoms. The quantitative estimate of drug-likeness (QED) is 0.344. The molecule has 3 aromatic rings. The van der Waals surface area contributed by atoms with E-state index in [4.69, 9.17) is 4.52 Å². The Hall–Kier alpha value is -4.15. The molecule has 2 aromatic carbocycles. The van der Waals surface area contributed by atoms with E-state index in [2.05, 4.69) is 20.8 Å². The van der Waals surface area contributed by atoms with E-state index in [0.717, 1.165) is 0 Å². The molecule has 2 amide bonds. The van der Waals surface area contributed by atoms with Crippen LogP contribution in [0.3, 0.4) is 0 Å². The van der Waals surface area contributed by atoms with Gasteiger partial charge in [-0.25, -0.2) is 4.39 Å². The smallest absolute Gasteiger partial charge is 0.316 e. The van der Waals surface area contributed by atoms with Crippen LogP contribution in [0, 0.1) is 22.9 Å². The molecule has 2 N–H and O–H groups in total. The molecule has 0 aliphatic carbocycles. The molecule has 0 spiro atoms. The molecule has 0 aliphatic heterocycles. The number of carbonyl (C=O) groups is 2. The Bertz CT molecular complexity index is 1100. The molecule has 0 saturated heterocycles. The summed E-state index contributed by atoms with van der Waals surface area (Å²) >= 11 is 0. The van der Waals surface area contributed by atoms with E-state index in [1.807, 2.05) is 0 Å². The van der Waals surface area contributed by atoms with Crippen molar-refractivity contribution in [3.8, 4) is 11.4 Å². The number of carbonyl (C=O) groups excluding carboxylic acids is 2. The summed E-state index contributed by atoms with van der Waals surface area (Å²) in [4.78, 5) is 38.5. The molecule has 10 nitrogen and oxygen atoms in total. The number of nitro benzene ring substituents is 1. The van der Waals surface area contributed by atoms with Gasteiger partial charge >= 0.3 is 11.8 Å². The van der Waals surface area contributed by atoms with Crippen LogP contribution in [-0.4, -0.2) is 40.0 Å². The lowest BCUT2D eigenvalue weighted by Crippen LogP contribution is -2.34. The lowest BCUT2D eigenvalue weighted by molar-refractivity contribution is -0.385. The van der Waals surface area contributed by atoms with Gasteiger partial charge in [0, 0.05) is 35.8 Å². The van der Waals surface area contributed by atoms with Gasteiger partial charge in [-0.05, 0) is 31.2 Å². The normalized spacial score (nSPS) is 10.5. The zero-order chi connectivity index (χ0) is 21.7. The Labute approximate surface area is 169 Å². The lowest BCUT2D eigenvalue weighted by Gasteiger charge is -2.05. The van der Waals surface area contributed by atoms with Crippen LogP contribution in [0.1, 0.15) is 26.6 Å². The summed E-state index contributed by atoms with van der Waals surface area (Å²) in [5.41, 5.74) is 0.911. The van der Waals surface area contributed by atoms with Gasteiger partial charge in [0.15, 0.2) is 0 Å². The van der Waals surface area contributed by atoms with Crippen LogP contribution in [0.2, 0.25) is 0 Å². The van der Waals surface area contributed by atoms with E-state index >= 15 is 0 Å². The van der Waals surface area contributed by atoms with Crippen molar-refractivity contribution in [1.82, 2.24) is 20.8 Å². The molecule has 3 rings (SSSR count). The average Bonchev–Trinajstić information content (AvgIpc) is 3.21. The molecular formula is C19H16FN5O5. The third-order valence-corrected chi connectivity index (χ3v) is 4.17. The number of halogens is 1. The minimum Gasteiger partial charge on any atom is -0.350 e. The molecule has 154 valence electrons. The van der Waals surface area contributed by atoms with E-state index in [0.29, 0.717) is 11.1 Å². The Morgan fingerprint density at radius 1 is 1.10 bits per heavy atom. The van der Waals surface area contributed by atoms with E-state index in [-0.39, 0.29) is 36.1 Å². The van der Waals surface area contributed by atoms with Crippen LogP contribution in [0.25, 0.3) is 11.4 Å². The Kier molecular flexibility index (Phi) is 6.11. The fourth-order valence-corrected chi connectivity index (χ4v) is 2.62. The summed E-state index contributed by atoms with van der Waals surface area (Å²) in [6.45, 7) is 1.75. The van der Waals surface area contributed by atoms with Gasteiger partial charge in [0.2, 0.25) is 5.82 Å². The van der Waals surface area contributed by atoms with Gasteiger partial charge < -0.3 is 15.2 Å². The maximum atomic E-state index is 12.9. The van der Waals surface area contributed by atoms with Crippen molar-refractivity contribution in [3.05, 3.63) is 75.4 Å². The molecule has 0 radical (unpaired) electrons. The van der Waals surface area contributed by atoms with E-state index in [1.165, 1.54) is 36.4 Å². The second-order valence-electron chi connectivity index (χ2n) is 6.15. The van der Waals surface area contributed by atoms with Gasteiger partial charge in [-0.3, -0.25) is 19.7 Å². The molecule has 0 atom stereocenters. The molecule has 0 aliphatic rings. The minimum absolute atomic E-state index is 0.0472. The molecule has 0 fully saturated rings. The van der Waals surface area contributed by atoms with Crippen LogP contribution in [0.5, 0.6) is 0 Å². The number of benzene rings is 2. The molecule has 11 heteroatoms. The first kappa shape index (κ1) is 20.6. The SMILES string of the molecule is Cc1c(-c2noc(C(=O)NCCNC(=O)c3ccc(F)cc3)n2)cccc1[N+](=O)[O-]. The number of aromatic nitrogens is 2. The van der Waals surface area contributed by atoms with Gasteiger partial charge in [0.25, 0.3) is 11.6 Å². The van der Waals surface area contributed by atoms with Crippen molar-refractivity contribution in [3.63, 3.8) is 0 Å². The first-order chi connectivity index (χ1) is 14.4. The molecule has 0 unspecified atom stereocenters. The van der Waals surface area contributed by atoms with Crippen molar-refractivity contribution in [1.29, 1.82) is 0 Å². The fourth-order valence-electron chi connectivity index (χ4n) is 2.62. The third kappa shape index (κ3) is 4.63. The summed E-state index contributed by atoms with van der Waals surface area (Å²) < 4.78 is 17.8. The van der Waals surface area contributed by atoms with Crippen LogP contribution < -0.4 is 10.6 Å². The topological polar surface area (TPSA) is 140 Å². The number of rotatable bonds is 7. The summed E-state index contributed by atoms with van der Waals surface area (Å²) in [6, 6.07) is 9.46. The first-order valence-electron chi connectivity index (χ1n) is 8.77. The monoisotopic (exact) mass is 413 g/mol. The van der Waals surface area contributed by atoms with Crippen LogP contribution in [0.15, 0.2) is 47.0 Å². The van der Waals surface area contributed by atoms with Gasteiger partial charge in [-0.1, -0.05) is 17.3 Å². The zero-order valence-electron chi connectivity index (χ0n) is 15.7. The van der Waals surface area contributed by atoms with Crippen LogP contribution in [0.4, 0.5) is 10.1 Å². The Morgan fingerprint density at radius 2 is 1.77 bits per heavy atom. The van der Waals surface area contributed by atoms with E-state index in [1.54, 1.807) is 13.0 Å². The second kappa shape index (κ2) is 8.90. The number of hydrogen-bond donors (Lipinski definition) is 2. The maximum absolute atomic E-state index is 12.9. The molecule has 30 heavy (non-hydrogen) atoms. The van der Waals surface area contributed by atoms with Crippen molar-refractivity contribution in [2.75, 3.05) is 13.1 Å². The van der Waals surface area contributed by atoms with Crippen molar-refractivity contribution in [2.45, 2.75) is 6.92 Å². The average molecular weight is 413 g/mol. The summed E-state index contributed by atoms with van der Waals surface area (Å²) in [5, 5.41) is 19.8. The Morgan fingerprint density at radius 3 is 2.43 bits per heavy atom. The highest BCUT2D eigenvalue weighted by Crippen LogP contribution is 2.27. The number of nitro groups is 1. The summed E-state index contributed by atoms with van der Waals surface area (Å²) in [5.74, 6) is -1.79. The zero-order valence-corrected chi connectivity index (χ0v) is 15.7. The van der Waals surface area contributed by atoms with Gasteiger partial charge in [-0.15, -0.1) is 0 Å². The maximum Gasteiger partial charge on any atom is 0.316 e. The van der Waals surface area contributed by atoms with Gasteiger partial charge in [0.05, 0.1) is 4.92 Å². The van der Waals surface area contributed by atoms with Crippen molar-refractivity contribution >= 4 is 17.5 Å². The van der Waals surface area contributed by atoms with Crippen LogP contribution >= 0.6 is 0 Å². The summed E-state index contributed by atoms with van der Waals surface area (Å²) in [7, 11) is 0. The summed E-state index contributed by atoms with van der Waals surface area (Å²) in [6.07, 6.45) is 0. The fraction of sp³-hybridized carbons (Fsp3) is 0.158. The highest BCUT2D eigenvalue weighted by molar-refractivity contribution is 5.94. The van der Waals surface area contributed by atoms with E-state index < -0.39 is 22.6 Å². The Balaban J connectivity index is 1.56. The largest absolute Gasteiger partial charge is 0.350 e. The molecular weight excluding hydrogens is 397 g/mol. The number of nitrogens with zero attached hydrogens (tertiary/aromatic N) is 3. The standard InChI is InChI=1S/C19H16FN5O5/c1-11-14(3-2-4-15(11)25(28)29)16-23-19(30-24-16)18(27)22-10-9-21-17(26)12-5-7-13(20)8-6-12/h2-8H,9-10H2,1H3,(H,21,26)(H,22,27). The first-order valence-corrected chi connectivity index (χ1v) is 8.77. The third-order valence-electron chi connectivity index (χ3n) is 4.17. The molecule has 1 heterocycles. The van der Waals surface area contributed by atoms with Crippen LogP contribution in [-0.2, 0) is 0 Å². The lowest BCUT2D eigenvalue weighted by atomic mass is 10.1. The van der Waals surface area contributed by atoms with Gasteiger partial charge in [0.1, 0.15) is 5.82 Å². The van der Waals surface area contributed by atoms with Crippen molar-refractivity contribution in [2.24, 2.45) is 0 Å². The molecule has 1 aromatic heterocycles. The number of amides is 2.